The van der Waals surface area contributed by atoms with E-state index in [9.17, 15) is 9.59 Å². The van der Waals surface area contributed by atoms with Crippen LogP contribution in [0.5, 0.6) is 0 Å². The number of carbonyl (C=O) groups is 2. The van der Waals surface area contributed by atoms with Gasteiger partial charge in [0.05, 0.1) is 19.1 Å². The van der Waals surface area contributed by atoms with Crippen LogP contribution in [-0.4, -0.2) is 47.6 Å². The maximum Gasteiger partial charge on any atom is 0.247 e. The van der Waals surface area contributed by atoms with Crippen molar-refractivity contribution < 1.29 is 14.3 Å². The van der Waals surface area contributed by atoms with Crippen molar-refractivity contribution >= 4 is 11.8 Å². The van der Waals surface area contributed by atoms with Crippen molar-refractivity contribution in [3.8, 4) is 0 Å². The summed E-state index contributed by atoms with van der Waals surface area (Å²) >= 11 is 0. The van der Waals surface area contributed by atoms with Crippen LogP contribution in [0.1, 0.15) is 32.6 Å². The normalized spacial score (nSPS) is 38.2. The van der Waals surface area contributed by atoms with Gasteiger partial charge >= 0.3 is 0 Å². The fraction of sp³-hybridized carbons (Fsp3) is 0.833. The average molecular weight is 238 g/mol. The fourth-order valence-electron chi connectivity index (χ4n) is 2.68. The topological polar surface area (TPSA) is 58.6 Å². The number of hydrogen-bond acceptors (Lipinski definition) is 4. The molecule has 0 spiro atoms. The van der Waals surface area contributed by atoms with E-state index in [-0.39, 0.29) is 29.4 Å². The predicted molar refractivity (Wildman–Crippen MR) is 60.3 cm³/mol. The smallest absolute Gasteiger partial charge is 0.247 e. The Hall–Kier alpha value is -0.940. The third kappa shape index (κ3) is 1.98. The first-order valence-corrected chi connectivity index (χ1v) is 6.30. The standard InChI is InChI=1S/C12H18N2O3/c1-12(4-5-17-7-12)13-9-6-10(15)14(11(9)16)8-2-3-8/h8-9,13H,2-7H2,1H3. The molecule has 1 N–H and O–H groups in total. The van der Waals surface area contributed by atoms with Gasteiger partial charge in [0.25, 0.3) is 0 Å². The average Bonchev–Trinajstić information content (AvgIpc) is 2.94. The second kappa shape index (κ2) is 3.78. The van der Waals surface area contributed by atoms with Crippen LogP contribution in [0.15, 0.2) is 0 Å². The van der Waals surface area contributed by atoms with Crippen LogP contribution in [0.25, 0.3) is 0 Å². The number of nitrogens with one attached hydrogen (secondary N) is 1. The Morgan fingerprint density at radius 1 is 1.41 bits per heavy atom. The Morgan fingerprint density at radius 3 is 2.76 bits per heavy atom. The molecule has 2 aliphatic heterocycles. The first-order valence-electron chi connectivity index (χ1n) is 6.30. The first kappa shape index (κ1) is 11.2. The lowest BCUT2D eigenvalue weighted by Crippen LogP contribution is -2.51. The molecule has 94 valence electrons. The third-order valence-corrected chi connectivity index (χ3v) is 3.84. The Labute approximate surface area is 100 Å². The van der Waals surface area contributed by atoms with Crippen molar-refractivity contribution in [2.75, 3.05) is 13.2 Å². The zero-order valence-electron chi connectivity index (χ0n) is 10.1. The van der Waals surface area contributed by atoms with Crippen LogP contribution in [0, 0.1) is 0 Å². The molecular formula is C12H18N2O3. The lowest BCUT2D eigenvalue weighted by molar-refractivity contribution is -0.139. The number of likely N-dealkylation sites (tertiary alicyclic amines) is 1. The summed E-state index contributed by atoms with van der Waals surface area (Å²) in [6, 6.07) is -0.149. The minimum absolute atomic E-state index is 0.0162. The summed E-state index contributed by atoms with van der Waals surface area (Å²) in [6.45, 7) is 3.40. The summed E-state index contributed by atoms with van der Waals surface area (Å²) in [4.78, 5) is 25.4. The number of nitrogens with zero attached hydrogens (tertiary/aromatic N) is 1. The van der Waals surface area contributed by atoms with Gasteiger partial charge in [-0.05, 0) is 26.2 Å². The molecule has 3 aliphatic rings. The van der Waals surface area contributed by atoms with Crippen molar-refractivity contribution in [3.05, 3.63) is 0 Å². The molecule has 3 rings (SSSR count). The van der Waals surface area contributed by atoms with Gasteiger partial charge in [0.15, 0.2) is 0 Å². The van der Waals surface area contributed by atoms with Crippen LogP contribution in [0.4, 0.5) is 0 Å². The number of amides is 2. The van der Waals surface area contributed by atoms with Gasteiger partial charge in [0.1, 0.15) is 0 Å². The first-order chi connectivity index (χ1) is 8.09. The predicted octanol–water partition coefficient (Wildman–Crippen LogP) is 0.0449. The number of ether oxygens (including phenoxy) is 1. The van der Waals surface area contributed by atoms with Crippen molar-refractivity contribution in [2.24, 2.45) is 0 Å². The Balaban J connectivity index is 1.68. The highest BCUT2D eigenvalue weighted by Crippen LogP contribution is 2.32. The van der Waals surface area contributed by atoms with E-state index in [2.05, 4.69) is 12.2 Å². The zero-order valence-corrected chi connectivity index (χ0v) is 10.1. The molecule has 2 saturated heterocycles. The van der Waals surface area contributed by atoms with E-state index in [0.29, 0.717) is 13.0 Å². The van der Waals surface area contributed by atoms with E-state index >= 15 is 0 Å². The van der Waals surface area contributed by atoms with Gasteiger partial charge in [-0.25, -0.2) is 0 Å². The highest BCUT2D eigenvalue weighted by Gasteiger charge is 2.48. The van der Waals surface area contributed by atoms with Crippen molar-refractivity contribution in [1.82, 2.24) is 10.2 Å². The Morgan fingerprint density at radius 2 is 2.18 bits per heavy atom. The summed E-state index contributed by atoms with van der Waals surface area (Å²) in [5, 5.41) is 3.31. The second-order valence-corrected chi connectivity index (χ2v) is 5.60. The molecule has 17 heavy (non-hydrogen) atoms. The van der Waals surface area contributed by atoms with Crippen molar-refractivity contribution in [2.45, 2.75) is 50.2 Å². The van der Waals surface area contributed by atoms with Gasteiger partial charge in [0, 0.05) is 18.2 Å². The highest BCUT2D eigenvalue weighted by atomic mass is 16.5. The molecule has 2 atom stereocenters. The minimum atomic E-state index is -0.338. The van der Waals surface area contributed by atoms with E-state index in [4.69, 9.17) is 4.74 Å². The van der Waals surface area contributed by atoms with Crippen LogP contribution in [0.2, 0.25) is 0 Å². The van der Waals surface area contributed by atoms with Crippen LogP contribution >= 0.6 is 0 Å². The van der Waals surface area contributed by atoms with Crippen LogP contribution in [0.3, 0.4) is 0 Å². The van der Waals surface area contributed by atoms with Gasteiger partial charge in [-0.2, -0.15) is 0 Å². The zero-order chi connectivity index (χ0) is 12.0. The number of rotatable bonds is 3. The van der Waals surface area contributed by atoms with Crippen molar-refractivity contribution in [3.63, 3.8) is 0 Å². The molecule has 2 heterocycles. The van der Waals surface area contributed by atoms with Gasteiger partial charge < -0.3 is 4.74 Å². The maximum atomic E-state index is 12.1. The van der Waals surface area contributed by atoms with Gasteiger partial charge in [-0.3, -0.25) is 19.8 Å². The molecule has 0 bridgehead atoms. The van der Waals surface area contributed by atoms with Gasteiger partial charge in [-0.1, -0.05) is 0 Å². The highest BCUT2D eigenvalue weighted by molar-refractivity contribution is 6.06. The lowest BCUT2D eigenvalue weighted by atomic mass is 10.00. The molecule has 2 amide bonds. The third-order valence-electron chi connectivity index (χ3n) is 3.84. The Bertz CT molecular complexity index is 359. The maximum absolute atomic E-state index is 12.1. The summed E-state index contributed by atoms with van der Waals surface area (Å²) < 4.78 is 5.35. The van der Waals surface area contributed by atoms with E-state index in [1.54, 1.807) is 0 Å². The molecule has 1 aliphatic carbocycles. The quantitative estimate of drug-likeness (QED) is 0.706. The molecule has 2 unspecified atom stereocenters. The van der Waals surface area contributed by atoms with Gasteiger partial charge in [-0.15, -0.1) is 0 Å². The number of carbonyl (C=O) groups excluding carboxylic acids is 2. The molecule has 0 radical (unpaired) electrons. The largest absolute Gasteiger partial charge is 0.379 e. The molecule has 5 heteroatoms. The van der Waals surface area contributed by atoms with Crippen LogP contribution in [-0.2, 0) is 14.3 Å². The van der Waals surface area contributed by atoms with Crippen LogP contribution < -0.4 is 5.32 Å². The van der Waals surface area contributed by atoms with Crippen molar-refractivity contribution in [1.29, 1.82) is 0 Å². The molecule has 5 nitrogen and oxygen atoms in total. The van der Waals surface area contributed by atoms with E-state index in [1.807, 2.05) is 0 Å². The summed E-state index contributed by atoms with van der Waals surface area (Å²) in [5.74, 6) is -0.0526. The number of hydrogen-bond donors (Lipinski definition) is 1. The summed E-state index contributed by atoms with van der Waals surface area (Å²) in [5.41, 5.74) is -0.153. The SMILES string of the molecule is CC1(NC2CC(=O)N(C3CC3)C2=O)CCOC1. The summed E-state index contributed by atoms with van der Waals surface area (Å²) in [6.07, 6.45) is 3.16. The van der Waals surface area contributed by atoms with E-state index in [1.165, 1.54) is 4.90 Å². The van der Waals surface area contributed by atoms with Gasteiger partial charge in [0.2, 0.25) is 11.8 Å². The van der Waals surface area contributed by atoms with E-state index < -0.39 is 0 Å². The van der Waals surface area contributed by atoms with E-state index in [0.717, 1.165) is 25.9 Å². The monoisotopic (exact) mass is 238 g/mol. The number of imide groups is 1. The second-order valence-electron chi connectivity index (χ2n) is 5.60. The molecular weight excluding hydrogens is 220 g/mol. The molecule has 1 saturated carbocycles. The molecule has 0 aromatic heterocycles. The summed E-state index contributed by atoms with van der Waals surface area (Å²) in [7, 11) is 0. The molecule has 0 aromatic carbocycles. The lowest BCUT2D eigenvalue weighted by Gasteiger charge is -2.26. The fourth-order valence-corrected chi connectivity index (χ4v) is 2.68. The molecule has 0 aromatic rings. The molecule has 3 fully saturated rings. The Kier molecular flexibility index (Phi) is 2.48. The minimum Gasteiger partial charge on any atom is -0.379 e.